The molecule has 1 aromatic rings. The highest BCUT2D eigenvalue weighted by Crippen LogP contribution is 2.39. The molecule has 1 saturated heterocycles. The van der Waals surface area contributed by atoms with Gasteiger partial charge in [0.15, 0.2) is 11.5 Å². The van der Waals surface area contributed by atoms with Crippen molar-refractivity contribution in [2.75, 3.05) is 13.2 Å². The third-order valence-corrected chi connectivity index (χ3v) is 5.04. The maximum Gasteiger partial charge on any atom is 0.411 e. The average Bonchev–Trinajstić information content (AvgIpc) is 3.34. The van der Waals surface area contributed by atoms with Crippen molar-refractivity contribution in [3.05, 3.63) is 23.8 Å². The number of likely N-dealkylation sites (tertiary alicyclic amines) is 1. The Labute approximate surface area is 173 Å². The van der Waals surface area contributed by atoms with Gasteiger partial charge in [-0.2, -0.15) is 8.78 Å². The van der Waals surface area contributed by atoms with Crippen LogP contribution in [0.25, 0.3) is 0 Å². The van der Waals surface area contributed by atoms with Crippen LogP contribution in [0.4, 0.5) is 13.6 Å². The number of carbonyl (C=O) groups excluding carboxylic acids is 1. The number of hydrogen-bond acceptors (Lipinski definition) is 5. The van der Waals surface area contributed by atoms with Gasteiger partial charge in [-0.1, -0.05) is 6.07 Å². The number of hydrogen-bond donors (Lipinski definition) is 1. The molecule has 166 valence electrons. The number of ether oxygens (including phenoxy) is 3. The van der Waals surface area contributed by atoms with Crippen molar-refractivity contribution in [1.82, 2.24) is 4.90 Å². The van der Waals surface area contributed by atoms with Crippen LogP contribution in [0.1, 0.15) is 51.5 Å². The van der Waals surface area contributed by atoms with E-state index in [4.69, 9.17) is 9.47 Å². The number of benzene rings is 1. The van der Waals surface area contributed by atoms with Gasteiger partial charge in [0, 0.05) is 12.5 Å². The Morgan fingerprint density at radius 2 is 1.93 bits per heavy atom. The van der Waals surface area contributed by atoms with Gasteiger partial charge in [-0.05, 0) is 63.6 Å². The lowest BCUT2D eigenvalue weighted by Gasteiger charge is -2.26. The van der Waals surface area contributed by atoms with Crippen molar-refractivity contribution >= 4 is 12.1 Å². The molecule has 0 radical (unpaired) electrons. The van der Waals surface area contributed by atoms with E-state index in [2.05, 4.69) is 4.74 Å². The normalized spacial score (nSPS) is 21.6. The Morgan fingerprint density at radius 1 is 1.23 bits per heavy atom. The van der Waals surface area contributed by atoms with Crippen molar-refractivity contribution in [3.8, 4) is 11.5 Å². The Kier molecular flexibility index (Phi) is 6.38. The van der Waals surface area contributed by atoms with Gasteiger partial charge in [0.25, 0.3) is 0 Å². The Bertz CT molecular complexity index is 790. The smallest absolute Gasteiger partial charge is 0.411 e. The fourth-order valence-corrected chi connectivity index (χ4v) is 3.41. The van der Waals surface area contributed by atoms with Gasteiger partial charge in [-0.15, -0.1) is 0 Å². The quantitative estimate of drug-likeness (QED) is 0.700. The van der Waals surface area contributed by atoms with Gasteiger partial charge >= 0.3 is 18.7 Å². The number of carbonyl (C=O) groups is 2. The molecule has 2 atom stereocenters. The van der Waals surface area contributed by atoms with E-state index in [0.29, 0.717) is 18.1 Å². The Morgan fingerprint density at radius 3 is 2.50 bits per heavy atom. The van der Waals surface area contributed by atoms with Gasteiger partial charge in [0.2, 0.25) is 0 Å². The monoisotopic (exact) mass is 427 g/mol. The second-order valence-electron chi connectivity index (χ2n) is 8.76. The highest BCUT2D eigenvalue weighted by molar-refractivity contribution is 5.81. The minimum atomic E-state index is -2.98. The summed E-state index contributed by atoms with van der Waals surface area (Å²) >= 11 is 0. The lowest BCUT2D eigenvalue weighted by Crippen LogP contribution is -2.43. The van der Waals surface area contributed by atoms with Crippen molar-refractivity contribution in [2.24, 2.45) is 5.92 Å². The zero-order chi connectivity index (χ0) is 22.1. The number of aliphatic carboxylic acids is 1. The number of amides is 1. The third-order valence-electron chi connectivity index (χ3n) is 5.04. The van der Waals surface area contributed by atoms with Crippen molar-refractivity contribution in [3.63, 3.8) is 0 Å². The summed E-state index contributed by atoms with van der Waals surface area (Å²) in [6.07, 6.45) is 1.57. The summed E-state index contributed by atoms with van der Waals surface area (Å²) in [5.41, 5.74) is -0.0595. The van der Waals surface area contributed by atoms with Crippen LogP contribution in [0, 0.1) is 5.92 Å². The molecule has 1 N–H and O–H groups in total. The van der Waals surface area contributed by atoms with Gasteiger partial charge in [-0.3, -0.25) is 4.90 Å². The molecular weight excluding hydrogens is 400 g/mol. The molecule has 1 amide bonds. The minimum Gasteiger partial charge on any atom is -0.489 e. The first-order chi connectivity index (χ1) is 14.0. The summed E-state index contributed by atoms with van der Waals surface area (Å²) in [6.45, 7) is 2.70. The van der Waals surface area contributed by atoms with Gasteiger partial charge < -0.3 is 19.3 Å². The highest BCUT2D eigenvalue weighted by atomic mass is 19.3. The number of rotatable bonds is 7. The van der Waals surface area contributed by atoms with Crippen LogP contribution in [0.2, 0.25) is 0 Å². The summed E-state index contributed by atoms with van der Waals surface area (Å²) in [5, 5.41) is 9.57. The lowest BCUT2D eigenvalue weighted by atomic mass is 9.96. The molecule has 0 aromatic heterocycles. The molecule has 7 nitrogen and oxygen atoms in total. The van der Waals surface area contributed by atoms with E-state index < -0.39 is 30.3 Å². The highest BCUT2D eigenvalue weighted by Gasteiger charge is 2.42. The predicted octanol–water partition coefficient (Wildman–Crippen LogP) is 4.25. The van der Waals surface area contributed by atoms with Crippen LogP contribution in [0.3, 0.4) is 0 Å². The molecule has 1 aliphatic carbocycles. The molecule has 1 saturated carbocycles. The van der Waals surface area contributed by atoms with Crippen LogP contribution in [-0.2, 0) is 9.53 Å². The minimum absolute atomic E-state index is 0.0637. The van der Waals surface area contributed by atoms with Crippen LogP contribution in [0.15, 0.2) is 18.2 Å². The molecule has 0 spiro atoms. The average molecular weight is 427 g/mol. The van der Waals surface area contributed by atoms with Gasteiger partial charge in [-0.25, -0.2) is 9.59 Å². The topological polar surface area (TPSA) is 85.3 Å². The number of carboxylic acid groups (broad SMARTS) is 1. The molecule has 2 aliphatic rings. The summed E-state index contributed by atoms with van der Waals surface area (Å²) in [6, 6.07) is 3.57. The van der Waals surface area contributed by atoms with E-state index >= 15 is 0 Å². The van der Waals surface area contributed by atoms with E-state index in [-0.39, 0.29) is 30.4 Å². The molecule has 3 rings (SSSR count). The standard InChI is InChI=1S/C21H27F2NO6/c1-21(2,3)30-20(27)24-10-14(8-15(24)18(25)26)13-6-7-16(29-19(22)23)17(9-13)28-11-12-4-5-12/h6-7,9,12,14-15,19H,4-5,8,10-11H2,1-3H3,(H,25,26)/t14-,15+/m0/s1. The van der Waals surface area contributed by atoms with Crippen molar-refractivity contribution < 1.29 is 37.7 Å². The molecule has 0 bridgehead atoms. The SMILES string of the molecule is CC(C)(C)OC(=O)N1C[C@@H](c2ccc(OC(F)F)c(OCC3CC3)c2)C[C@@H]1C(=O)O. The zero-order valence-electron chi connectivity index (χ0n) is 17.3. The largest absolute Gasteiger partial charge is 0.489 e. The van der Waals surface area contributed by atoms with Gasteiger partial charge in [0.1, 0.15) is 11.6 Å². The second kappa shape index (κ2) is 8.65. The summed E-state index contributed by atoms with van der Waals surface area (Å²) < 4.78 is 41.0. The summed E-state index contributed by atoms with van der Waals surface area (Å²) in [4.78, 5) is 25.4. The van der Waals surface area contributed by atoms with E-state index in [1.165, 1.54) is 11.0 Å². The number of alkyl halides is 2. The maximum atomic E-state index is 12.7. The molecule has 2 fully saturated rings. The zero-order valence-corrected chi connectivity index (χ0v) is 17.3. The first-order valence-electron chi connectivity index (χ1n) is 9.97. The first kappa shape index (κ1) is 22.1. The molecule has 1 aliphatic heterocycles. The third kappa shape index (κ3) is 5.73. The van der Waals surface area contributed by atoms with Gasteiger partial charge in [0.05, 0.1) is 6.61 Å². The summed E-state index contributed by atoms with van der Waals surface area (Å²) in [5.74, 6) is -0.874. The van der Waals surface area contributed by atoms with E-state index in [9.17, 15) is 23.5 Å². The summed E-state index contributed by atoms with van der Waals surface area (Å²) in [7, 11) is 0. The van der Waals surface area contributed by atoms with E-state index in [0.717, 1.165) is 12.8 Å². The number of carboxylic acids is 1. The van der Waals surface area contributed by atoms with Crippen LogP contribution in [0.5, 0.6) is 11.5 Å². The molecular formula is C21H27F2NO6. The van der Waals surface area contributed by atoms with Crippen molar-refractivity contribution in [1.29, 1.82) is 0 Å². The molecule has 0 unspecified atom stereocenters. The molecule has 1 aromatic carbocycles. The Balaban J connectivity index is 1.80. The fraction of sp³-hybridized carbons (Fsp3) is 0.619. The molecule has 9 heteroatoms. The predicted molar refractivity (Wildman–Crippen MR) is 103 cm³/mol. The van der Waals surface area contributed by atoms with E-state index in [1.807, 2.05) is 0 Å². The second-order valence-corrected chi connectivity index (χ2v) is 8.76. The van der Waals surface area contributed by atoms with E-state index in [1.54, 1.807) is 32.9 Å². The number of nitrogens with zero attached hydrogens (tertiary/aromatic N) is 1. The number of halogens is 2. The Hall–Kier alpha value is -2.58. The maximum absolute atomic E-state index is 12.7. The van der Waals surface area contributed by atoms with Crippen molar-refractivity contribution in [2.45, 2.75) is 64.2 Å². The van der Waals surface area contributed by atoms with Crippen LogP contribution < -0.4 is 9.47 Å². The fourth-order valence-electron chi connectivity index (χ4n) is 3.41. The van der Waals surface area contributed by atoms with Crippen LogP contribution in [-0.4, -0.2) is 53.5 Å². The van der Waals surface area contributed by atoms with Crippen LogP contribution >= 0.6 is 0 Å². The molecule has 30 heavy (non-hydrogen) atoms. The first-order valence-corrected chi connectivity index (χ1v) is 9.97. The molecule has 1 heterocycles. The lowest BCUT2D eigenvalue weighted by molar-refractivity contribution is -0.142.